The second-order valence-electron chi connectivity index (χ2n) is 2.29. The topological polar surface area (TPSA) is 26.3 Å². The van der Waals surface area contributed by atoms with Gasteiger partial charge in [0, 0.05) is 6.92 Å². The second kappa shape index (κ2) is 3.89. The van der Waals surface area contributed by atoms with Crippen LogP contribution < -0.4 is 0 Å². The highest BCUT2D eigenvalue weighted by Crippen LogP contribution is 2.37. The highest BCUT2D eigenvalue weighted by molar-refractivity contribution is 5.65. The second-order valence-corrected chi connectivity index (χ2v) is 2.29. The lowest BCUT2D eigenvalue weighted by Crippen LogP contribution is -2.37. The molecule has 0 atom stereocenters. The summed E-state index contributed by atoms with van der Waals surface area (Å²) in [5.74, 6) is -5.69. The Morgan fingerprint density at radius 1 is 1.23 bits per heavy atom. The van der Waals surface area contributed by atoms with Gasteiger partial charge in [-0.2, -0.15) is 22.0 Å². The van der Waals surface area contributed by atoms with Crippen LogP contribution in [0.4, 0.5) is 22.0 Å². The van der Waals surface area contributed by atoms with Crippen LogP contribution in [0.5, 0.6) is 0 Å². The molecule has 0 fully saturated rings. The average Bonchev–Trinajstić information content (AvgIpc) is 1.82. The van der Waals surface area contributed by atoms with Crippen molar-refractivity contribution in [1.82, 2.24) is 0 Å². The Morgan fingerprint density at radius 3 is 2.00 bits per heavy atom. The van der Waals surface area contributed by atoms with Crippen molar-refractivity contribution in [2.45, 2.75) is 25.4 Å². The molecule has 0 spiro atoms. The van der Waals surface area contributed by atoms with Crippen LogP contribution in [0.25, 0.3) is 0 Å². The molecule has 2 nitrogen and oxygen atoms in total. The molecule has 0 aliphatic heterocycles. The zero-order chi connectivity index (χ0) is 10.7. The minimum atomic E-state index is -5.59. The standard InChI is InChI=1S/C6H7F5O2/c1-4(12)13-3-2-5(7,8)6(9,10)11/h2-3H2,1H3. The van der Waals surface area contributed by atoms with Gasteiger partial charge in [0.25, 0.3) is 0 Å². The van der Waals surface area contributed by atoms with Crippen molar-refractivity contribution in [1.29, 1.82) is 0 Å². The van der Waals surface area contributed by atoms with Gasteiger partial charge >= 0.3 is 18.1 Å². The van der Waals surface area contributed by atoms with Gasteiger partial charge in [-0.3, -0.25) is 4.79 Å². The maximum atomic E-state index is 12.1. The van der Waals surface area contributed by atoms with E-state index in [1.165, 1.54) is 0 Å². The zero-order valence-electron chi connectivity index (χ0n) is 6.62. The number of hydrogen-bond acceptors (Lipinski definition) is 2. The number of rotatable bonds is 3. The van der Waals surface area contributed by atoms with E-state index in [0.29, 0.717) is 0 Å². The quantitative estimate of drug-likeness (QED) is 0.522. The molecule has 0 aliphatic carbocycles. The van der Waals surface area contributed by atoms with E-state index >= 15 is 0 Å². The largest absolute Gasteiger partial charge is 0.466 e. The van der Waals surface area contributed by atoms with E-state index in [4.69, 9.17) is 0 Å². The molecule has 0 saturated heterocycles. The van der Waals surface area contributed by atoms with Crippen LogP contribution in [-0.4, -0.2) is 24.7 Å². The Hall–Kier alpha value is -0.880. The molecule has 0 aromatic heterocycles. The van der Waals surface area contributed by atoms with Crippen molar-refractivity contribution in [3.63, 3.8) is 0 Å². The van der Waals surface area contributed by atoms with E-state index in [2.05, 4.69) is 4.74 Å². The highest BCUT2D eigenvalue weighted by atomic mass is 19.4. The predicted molar refractivity (Wildman–Crippen MR) is 32.3 cm³/mol. The van der Waals surface area contributed by atoms with Crippen LogP contribution in [0.3, 0.4) is 0 Å². The van der Waals surface area contributed by atoms with Gasteiger partial charge in [0.1, 0.15) is 0 Å². The summed E-state index contributed by atoms with van der Waals surface area (Å²) < 4.78 is 62.5. The first kappa shape index (κ1) is 12.1. The molecule has 0 rings (SSSR count). The smallest absolute Gasteiger partial charge is 0.453 e. The molecular weight excluding hydrogens is 199 g/mol. The minimum Gasteiger partial charge on any atom is -0.466 e. The first-order valence-electron chi connectivity index (χ1n) is 3.25. The van der Waals surface area contributed by atoms with Crippen LogP contribution in [0.2, 0.25) is 0 Å². The number of alkyl halides is 5. The molecule has 0 aromatic carbocycles. The van der Waals surface area contributed by atoms with E-state index in [-0.39, 0.29) is 0 Å². The molecule has 0 unspecified atom stereocenters. The normalized spacial score (nSPS) is 12.8. The third-order valence-electron chi connectivity index (χ3n) is 1.14. The zero-order valence-corrected chi connectivity index (χ0v) is 6.62. The molecule has 13 heavy (non-hydrogen) atoms. The summed E-state index contributed by atoms with van der Waals surface area (Å²) in [5.41, 5.74) is 0. The Morgan fingerprint density at radius 2 is 1.69 bits per heavy atom. The number of hydrogen-bond donors (Lipinski definition) is 0. The number of carbonyl (C=O) groups is 1. The number of ether oxygens (including phenoxy) is 1. The van der Waals surface area contributed by atoms with Gasteiger partial charge in [0.2, 0.25) is 0 Å². The lowest BCUT2D eigenvalue weighted by Gasteiger charge is -2.18. The molecular formula is C6H7F5O2. The Labute approximate surface area is 70.7 Å². The van der Waals surface area contributed by atoms with E-state index in [1.807, 2.05) is 0 Å². The van der Waals surface area contributed by atoms with Crippen molar-refractivity contribution in [2.75, 3.05) is 6.61 Å². The monoisotopic (exact) mass is 206 g/mol. The number of halogens is 5. The molecule has 78 valence electrons. The maximum absolute atomic E-state index is 12.1. The number of carbonyl (C=O) groups excluding carboxylic acids is 1. The van der Waals surface area contributed by atoms with Crippen LogP contribution in [0.15, 0.2) is 0 Å². The van der Waals surface area contributed by atoms with Crippen molar-refractivity contribution in [2.24, 2.45) is 0 Å². The number of esters is 1. The van der Waals surface area contributed by atoms with Crippen LogP contribution in [0, 0.1) is 0 Å². The summed E-state index contributed by atoms with van der Waals surface area (Å²) in [7, 11) is 0. The summed E-state index contributed by atoms with van der Waals surface area (Å²) in [6, 6.07) is 0. The molecule has 0 radical (unpaired) electrons. The molecule has 0 aromatic rings. The Balaban J connectivity index is 3.97. The van der Waals surface area contributed by atoms with Crippen molar-refractivity contribution < 1.29 is 31.5 Å². The molecule has 0 saturated carbocycles. The minimum absolute atomic E-state index is 0.891. The van der Waals surface area contributed by atoms with Crippen molar-refractivity contribution in [3.8, 4) is 0 Å². The van der Waals surface area contributed by atoms with Gasteiger partial charge in [0.15, 0.2) is 0 Å². The fourth-order valence-electron chi connectivity index (χ4n) is 0.465. The van der Waals surface area contributed by atoms with Gasteiger partial charge in [0.05, 0.1) is 13.0 Å². The summed E-state index contributed by atoms with van der Waals surface area (Å²) in [6.07, 6.45) is -7.14. The van der Waals surface area contributed by atoms with Crippen LogP contribution in [0.1, 0.15) is 13.3 Å². The fourth-order valence-corrected chi connectivity index (χ4v) is 0.465. The molecule has 7 heteroatoms. The molecule has 0 heterocycles. The molecule has 0 bridgehead atoms. The van der Waals surface area contributed by atoms with Gasteiger partial charge < -0.3 is 4.74 Å². The fraction of sp³-hybridized carbons (Fsp3) is 0.833. The van der Waals surface area contributed by atoms with E-state index in [0.717, 1.165) is 6.92 Å². The SMILES string of the molecule is CC(=O)OCCC(F)(F)C(F)(F)F. The summed E-state index contributed by atoms with van der Waals surface area (Å²) in [5, 5.41) is 0. The average molecular weight is 206 g/mol. The molecule has 0 amide bonds. The third kappa shape index (κ3) is 4.05. The first-order valence-corrected chi connectivity index (χ1v) is 3.25. The Kier molecular flexibility index (Phi) is 3.62. The van der Waals surface area contributed by atoms with E-state index < -0.39 is 31.1 Å². The summed E-state index contributed by atoms with van der Waals surface area (Å²) in [4.78, 5) is 10.0. The predicted octanol–water partition coefficient (Wildman–Crippen LogP) is 2.14. The first-order chi connectivity index (χ1) is 5.67. The van der Waals surface area contributed by atoms with E-state index in [9.17, 15) is 26.7 Å². The van der Waals surface area contributed by atoms with E-state index in [1.54, 1.807) is 0 Å². The highest BCUT2D eigenvalue weighted by Gasteiger charge is 2.56. The van der Waals surface area contributed by atoms with Crippen molar-refractivity contribution in [3.05, 3.63) is 0 Å². The van der Waals surface area contributed by atoms with Crippen LogP contribution >= 0.6 is 0 Å². The van der Waals surface area contributed by atoms with Gasteiger partial charge in [-0.1, -0.05) is 0 Å². The lowest BCUT2D eigenvalue weighted by molar-refractivity contribution is -0.286. The van der Waals surface area contributed by atoms with Crippen molar-refractivity contribution >= 4 is 5.97 Å². The van der Waals surface area contributed by atoms with Gasteiger partial charge in [-0.05, 0) is 0 Å². The molecule has 0 aliphatic rings. The Bertz CT molecular complexity index is 186. The maximum Gasteiger partial charge on any atom is 0.453 e. The molecule has 0 N–H and O–H groups in total. The van der Waals surface area contributed by atoms with Gasteiger partial charge in [-0.25, -0.2) is 0 Å². The van der Waals surface area contributed by atoms with Gasteiger partial charge in [-0.15, -0.1) is 0 Å². The lowest BCUT2D eigenvalue weighted by atomic mass is 10.2. The summed E-state index contributed by atoms with van der Waals surface area (Å²) in [6.45, 7) is -0.0203. The third-order valence-corrected chi connectivity index (χ3v) is 1.14. The summed E-state index contributed by atoms with van der Waals surface area (Å²) >= 11 is 0. The van der Waals surface area contributed by atoms with Crippen LogP contribution in [-0.2, 0) is 9.53 Å².